The molecule has 0 aliphatic heterocycles. The fraction of sp³-hybridized carbons (Fsp3) is 1.00. The highest BCUT2D eigenvalue weighted by molar-refractivity contribution is 7.84. The predicted octanol–water partition coefficient (Wildman–Crippen LogP) is 2.70. The van der Waals surface area contributed by atoms with Crippen molar-refractivity contribution < 1.29 is 0 Å². The maximum Gasteiger partial charge on any atom is 0.0105 e. The molecule has 0 saturated carbocycles. The summed E-state index contributed by atoms with van der Waals surface area (Å²) in [5.74, 6) is 0.868. The Labute approximate surface area is 80.4 Å². The number of hydrogen-bond donors (Lipinski definition) is 3. The van der Waals surface area contributed by atoms with Crippen LogP contribution in [0, 0.1) is 0 Å². The Kier molecular flexibility index (Phi) is 7.45. The summed E-state index contributed by atoms with van der Waals surface area (Å²) in [5.41, 5.74) is 0. The molecule has 0 fully saturated rings. The van der Waals surface area contributed by atoms with Gasteiger partial charge in [-0.15, -0.1) is 0 Å². The van der Waals surface area contributed by atoms with Crippen LogP contribution in [0.1, 0.15) is 26.2 Å². The highest BCUT2D eigenvalue weighted by atomic mass is 32.1. The van der Waals surface area contributed by atoms with Gasteiger partial charge in [-0.25, -0.2) is 0 Å². The van der Waals surface area contributed by atoms with Crippen molar-refractivity contribution in [1.82, 2.24) is 0 Å². The summed E-state index contributed by atoms with van der Waals surface area (Å²) in [4.78, 5) is 0. The van der Waals surface area contributed by atoms with Gasteiger partial charge in [-0.2, -0.15) is 37.9 Å². The highest BCUT2D eigenvalue weighted by Gasteiger charge is 2.03. The number of hydrogen-bond acceptors (Lipinski definition) is 3. The predicted molar refractivity (Wildman–Crippen MR) is 58.9 cm³/mol. The molecule has 0 aliphatic carbocycles. The van der Waals surface area contributed by atoms with Crippen LogP contribution in [0.4, 0.5) is 0 Å². The molecule has 10 heavy (non-hydrogen) atoms. The summed E-state index contributed by atoms with van der Waals surface area (Å²) >= 11 is 12.9. The minimum atomic E-state index is 0.449. The molecule has 62 valence electrons. The van der Waals surface area contributed by atoms with Crippen LogP contribution in [0.15, 0.2) is 0 Å². The van der Waals surface area contributed by atoms with Crippen LogP contribution in [-0.4, -0.2) is 16.3 Å². The van der Waals surface area contributed by atoms with Gasteiger partial charge in [0.1, 0.15) is 0 Å². The average molecular weight is 196 g/mol. The fourth-order valence-corrected chi connectivity index (χ4v) is 1.16. The van der Waals surface area contributed by atoms with Crippen LogP contribution < -0.4 is 0 Å². The van der Waals surface area contributed by atoms with Gasteiger partial charge >= 0.3 is 0 Å². The molecule has 0 aliphatic rings. The fourth-order valence-electron chi connectivity index (χ4n) is 0.680. The largest absolute Gasteiger partial charge is 0.178 e. The Balaban J connectivity index is 3.17. The third-order valence-corrected chi connectivity index (χ3v) is 3.31. The maximum atomic E-state index is 4.38. The smallest absolute Gasteiger partial charge is 0.0105 e. The zero-order chi connectivity index (χ0) is 7.98. The quantitative estimate of drug-likeness (QED) is 0.553. The molecule has 0 saturated heterocycles. The van der Waals surface area contributed by atoms with Gasteiger partial charge < -0.3 is 0 Å². The van der Waals surface area contributed by atoms with Gasteiger partial charge in [0.15, 0.2) is 0 Å². The normalized spacial score (nSPS) is 16.8. The summed E-state index contributed by atoms with van der Waals surface area (Å²) in [6.07, 6.45) is 3.44. The molecule has 0 aromatic carbocycles. The van der Waals surface area contributed by atoms with E-state index in [2.05, 4.69) is 44.8 Å². The van der Waals surface area contributed by atoms with E-state index in [0.717, 1.165) is 25.0 Å². The lowest BCUT2D eigenvalue weighted by molar-refractivity contribution is 0.687. The van der Waals surface area contributed by atoms with Crippen LogP contribution >= 0.6 is 37.9 Å². The van der Waals surface area contributed by atoms with E-state index in [4.69, 9.17) is 0 Å². The van der Waals surface area contributed by atoms with Gasteiger partial charge in [0.05, 0.1) is 0 Å². The molecule has 0 aromatic heterocycles. The zero-order valence-electron chi connectivity index (χ0n) is 6.32. The lowest BCUT2D eigenvalue weighted by Gasteiger charge is -2.10. The third-order valence-electron chi connectivity index (χ3n) is 1.52. The van der Waals surface area contributed by atoms with E-state index in [1.54, 1.807) is 0 Å². The van der Waals surface area contributed by atoms with Crippen LogP contribution in [-0.2, 0) is 0 Å². The van der Waals surface area contributed by atoms with Crippen molar-refractivity contribution >= 4 is 37.9 Å². The van der Waals surface area contributed by atoms with Gasteiger partial charge in [-0.05, 0) is 19.3 Å². The van der Waals surface area contributed by atoms with E-state index in [9.17, 15) is 0 Å². The van der Waals surface area contributed by atoms with E-state index in [1.165, 1.54) is 0 Å². The minimum absolute atomic E-state index is 0.449. The van der Waals surface area contributed by atoms with E-state index in [1.807, 2.05) is 0 Å². The summed E-state index contributed by atoms with van der Waals surface area (Å²) in [6.45, 7) is 2.16. The van der Waals surface area contributed by atoms with E-state index in [-0.39, 0.29) is 0 Å². The third kappa shape index (κ3) is 5.81. The summed E-state index contributed by atoms with van der Waals surface area (Å²) in [7, 11) is 0. The number of thiol groups is 3. The molecule has 3 heteroatoms. The Bertz CT molecular complexity index is 65.3. The van der Waals surface area contributed by atoms with Gasteiger partial charge in [-0.3, -0.25) is 0 Å². The van der Waals surface area contributed by atoms with E-state index < -0.39 is 0 Å². The van der Waals surface area contributed by atoms with E-state index in [0.29, 0.717) is 10.5 Å². The first-order valence-corrected chi connectivity index (χ1v) is 5.34. The second kappa shape index (κ2) is 6.74. The molecule has 0 aromatic rings. The molecule has 0 N–H and O–H groups in total. The second-order valence-corrected chi connectivity index (χ2v) is 4.30. The Morgan fingerprint density at radius 2 is 1.60 bits per heavy atom. The standard InChI is InChI=1S/C7H16S3/c1-2-6(9)3-4-7(10)5-8/h6-10H,2-5H2,1H3. The SMILES string of the molecule is CCC(S)CCC(S)CS. The molecule has 2 atom stereocenters. The Morgan fingerprint density at radius 1 is 1.10 bits per heavy atom. The van der Waals surface area contributed by atoms with Crippen molar-refractivity contribution in [3.05, 3.63) is 0 Å². The molecule has 0 bridgehead atoms. The summed E-state index contributed by atoms with van der Waals surface area (Å²) < 4.78 is 0. The summed E-state index contributed by atoms with van der Waals surface area (Å²) in [5, 5.41) is 0.999. The molecule has 0 heterocycles. The average Bonchev–Trinajstić information content (AvgIpc) is 1.99. The van der Waals surface area contributed by atoms with Crippen molar-refractivity contribution in [3.63, 3.8) is 0 Å². The molecule has 0 rings (SSSR count). The van der Waals surface area contributed by atoms with Crippen molar-refractivity contribution in [2.24, 2.45) is 0 Å². The molecular weight excluding hydrogens is 180 g/mol. The topological polar surface area (TPSA) is 0 Å². The summed E-state index contributed by atoms with van der Waals surface area (Å²) in [6, 6.07) is 0. The van der Waals surface area contributed by atoms with E-state index >= 15 is 0 Å². The molecule has 0 amide bonds. The molecular formula is C7H16S3. The first-order chi connectivity index (χ1) is 4.70. The first-order valence-electron chi connectivity index (χ1n) is 3.67. The van der Waals surface area contributed by atoms with Gasteiger partial charge in [0.2, 0.25) is 0 Å². The molecule has 0 spiro atoms. The first kappa shape index (κ1) is 11.1. The molecule has 0 nitrogen and oxygen atoms in total. The zero-order valence-corrected chi connectivity index (χ0v) is 9.01. The molecule has 0 radical (unpaired) electrons. The van der Waals surface area contributed by atoms with Crippen molar-refractivity contribution in [1.29, 1.82) is 0 Å². The van der Waals surface area contributed by atoms with Gasteiger partial charge in [0, 0.05) is 16.3 Å². The van der Waals surface area contributed by atoms with Crippen molar-refractivity contribution in [2.75, 3.05) is 5.75 Å². The monoisotopic (exact) mass is 196 g/mol. The second-order valence-electron chi connectivity index (χ2n) is 2.48. The highest BCUT2D eigenvalue weighted by Crippen LogP contribution is 2.13. The Morgan fingerprint density at radius 3 is 2.00 bits per heavy atom. The maximum absolute atomic E-state index is 4.38. The van der Waals surface area contributed by atoms with Gasteiger partial charge in [-0.1, -0.05) is 6.92 Å². The van der Waals surface area contributed by atoms with Crippen molar-refractivity contribution in [2.45, 2.75) is 36.7 Å². The van der Waals surface area contributed by atoms with Crippen LogP contribution in [0.2, 0.25) is 0 Å². The number of rotatable bonds is 5. The minimum Gasteiger partial charge on any atom is -0.178 e. The van der Waals surface area contributed by atoms with Crippen LogP contribution in [0.5, 0.6) is 0 Å². The lowest BCUT2D eigenvalue weighted by Crippen LogP contribution is -2.05. The van der Waals surface area contributed by atoms with Crippen LogP contribution in [0.25, 0.3) is 0 Å². The van der Waals surface area contributed by atoms with Gasteiger partial charge in [0.25, 0.3) is 0 Å². The van der Waals surface area contributed by atoms with Crippen molar-refractivity contribution in [3.8, 4) is 0 Å². The Hall–Kier alpha value is 1.05. The molecule has 2 unspecified atom stereocenters. The lowest BCUT2D eigenvalue weighted by atomic mass is 10.1. The van der Waals surface area contributed by atoms with Crippen LogP contribution in [0.3, 0.4) is 0 Å².